The molecule has 0 amide bonds. The van der Waals surface area contributed by atoms with E-state index >= 15 is 0 Å². The first-order valence-corrected chi connectivity index (χ1v) is 7.62. The first-order chi connectivity index (χ1) is 12.3. The molecule has 26 heavy (non-hydrogen) atoms. The third-order valence-electron chi connectivity index (χ3n) is 3.66. The number of halogens is 3. The highest BCUT2D eigenvalue weighted by molar-refractivity contribution is 6.10. The first-order valence-electron chi connectivity index (χ1n) is 7.62. The summed E-state index contributed by atoms with van der Waals surface area (Å²) < 4.78 is 53.9. The average Bonchev–Trinajstić information content (AvgIpc) is 3.04. The Kier molecular flexibility index (Phi) is 4.83. The standard InChI is InChI=1S/C18H13F3O5/c19-18(20,21)12-6-7-15(24-9-13-10-25-17(23)26-13)14(8-12)16(22)11-4-2-1-3-5-11/h1-8,13H,9-10H2. The predicted molar refractivity (Wildman–Crippen MR) is 83.0 cm³/mol. The van der Waals surface area contributed by atoms with E-state index in [2.05, 4.69) is 4.74 Å². The average molecular weight is 366 g/mol. The lowest BCUT2D eigenvalue weighted by Gasteiger charge is -2.15. The van der Waals surface area contributed by atoms with Crippen molar-refractivity contribution in [1.82, 2.24) is 0 Å². The summed E-state index contributed by atoms with van der Waals surface area (Å²) >= 11 is 0. The summed E-state index contributed by atoms with van der Waals surface area (Å²) in [6.07, 6.45) is -6.13. The molecule has 1 heterocycles. The zero-order chi connectivity index (χ0) is 18.7. The first kappa shape index (κ1) is 17.8. The second-order valence-electron chi connectivity index (χ2n) is 5.52. The van der Waals surface area contributed by atoms with Crippen LogP contribution in [0.3, 0.4) is 0 Å². The van der Waals surface area contributed by atoms with Crippen LogP contribution in [0.15, 0.2) is 48.5 Å². The Hall–Kier alpha value is -3.03. The highest BCUT2D eigenvalue weighted by Crippen LogP contribution is 2.33. The van der Waals surface area contributed by atoms with Crippen molar-refractivity contribution < 1.29 is 37.0 Å². The fraction of sp³-hybridized carbons (Fsp3) is 0.222. The molecule has 0 spiro atoms. The van der Waals surface area contributed by atoms with E-state index in [0.29, 0.717) is 0 Å². The van der Waals surface area contributed by atoms with Crippen LogP contribution in [0.1, 0.15) is 21.5 Å². The largest absolute Gasteiger partial charge is 0.508 e. The molecule has 2 aromatic rings. The van der Waals surface area contributed by atoms with E-state index in [0.717, 1.165) is 18.2 Å². The third-order valence-corrected chi connectivity index (χ3v) is 3.66. The summed E-state index contributed by atoms with van der Waals surface area (Å²) in [5, 5.41) is 0. The number of ether oxygens (including phenoxy) is 3. The van der Waals surface area contributed by atoms with Crippen LogP contribution >= 0.6 is 0 Å². The molecule has 1 aliphatic rings. The van der Waals surface area contributed by atoms with E-state index in [1.165, 1.54) is 12.1 Å². The summed E-state index contributed by atoms with van der Waals surface area (Å²) in [5.41, 5.74) is -0.955. The van der Waals surface area contributed by atoms with Crippen LogP contribution in [0.25, 0.3) is 0 Å². The Balaban J connectivity index is 1.90. The predicted octanol–water partition coefficient (Wildman–Crippen LogP) is 3.85. The number of carbonyl (C=O) groups excluding carboxylic acids is 2. The van der Waals surface area contributed by atoms with E-state index in [9.17, 15) is 22.8 Å². The van der Waals surface area contributed by atoms with Gasteiger partial charge in [0, 0.05) is 5.56 Å². The molecule has 1 aliphatic heterocycles. The minimum Gasteiger partial charge on any atom is -0.489 e. The summed E-state index contributed by atoms with van der Waals surface area (Å²) in [6.45, 7) is -0.173. The maximum Gasteiger partial charge on any atom is 0.508 e. The molecule has 5 nitrogen and oxygen atoms in total. The van der Waals surface area contributed by atoms with Gasteiger partial charge in [-0.05, 0) is 18.2 Å². The van der Waals surface area contributed by atoms with Crippen LogP contribution in [0, 0.1) is 0 Å². The van der Waals surface area contributed by atoms with Crippen LogP contribution < -0.4 is 4.74 Å². The molecule has 2 aromatic carbocycles. The van der Waals surface area contributed by atoms with Crippen LogP contribution in [0.4, 0.5) is 18.0 Å². The lowest BCUT2D eigenvalue weighted by molar-refractivity contribution is -0.137. The molecular formula is C18H13F3O5. The van der Waals surface area contributed by atoms with Crippen LogP contribution in [-0.2, 0) is 15.7 Å². The number of rotatable bonds is 5. The van der Waals surface area contributed by atoms with Crippen molar-refractivity contribution in [3.63, 3.8) is 0 Å². The zero-order valence-electron chi connectivity index (χ0n) is 13.3. The van der Waals surface area contributed by atoms with Crippen molar-refractivity contribution in [2.24, 2.45) is 0 Å². The number of hydrogen-bond donors (Lipinski definition) is 0. The highest BCUT2D eigenvalue weighted by Gasteiger charge is 2.32. The topological polar surface area (TPSA) is 61.8 Å². The highest BCUT2D eigenvalue weighted by atomic mass is 19.4. The molecule has 1 atom stereocenters. The fourth-order valence-electron chi connectivity index (χ4n) is 2.38. The normalized spacial score (nSPS) is 16.7. The molecule has 0 radical (unpaired) electrons. The Morgan fingerprint density at radius 2 is 1.88 bits per heavy atom. The van der Waals surface area contributed by atoms with E-state index in [1.54, 1.807) is 18.2 Å². The number of cyclic esters (lactones) is 2. The van der Waals surface area contributed by atoms with Gasteiger partial charge in [-0.1, -0.05) is 30.3 Å². The number of carbonyl (C=O) groups is 2. The fourth-order valence-corrected chi connectivity index (χ4v) is 2.38. The SMILES string of the molecule is O=C1OCC(COc2ccc(C(F)(F)F)cc2C(=O)c2ccccc2)O1. The number of ketones is 1. The molecular weight excluding hydrogens is 353 g/mol. The number of hydrogen-bond acceptors (Lipinski definition) is 5. The van der Waals surface area contributed by atoms with Crippen LogP contribution in [-0.4, -0.2) is 31.3 Å². The molecule has 1 fully saturated rings. The quantitative estimate of drug-likeness (QED) is 0.594. The number of benzene rings is 2. The zero-order valence-corrected chi connectivity index (χ0v) is 13.3. The summed E-state index contributed by atoms with van der Waals surface area (Å²) in [4.78, 5) is 23.5. The van der Waals surface area contributed by atoms with Gasteiger partial charge in [-0.25, -0.2) is 4.79 Å². The second-order valence-corrected chi connectivity index (χ2v) is 5.52. The van der Waals surface area contributed by atoms with Crippen LogP contribution in [0.5, 0.6) is 5.75 Å². The monoisotopic (exact) mass is 366 g/mol. The third kappa shape index (κ3) is 3.96. The summed E-state index contributed by atoms with van der Waals surface area (Å²) in [5.74, 6) is -0.638. The Bertz CT molecular complexity index is 817. The van der Waals surface area contributed by atoms with Gasteiger partial charge in [0.1, 0.15) is 19.0 Å². The van der Waals surface area contributed by atoms with Gasteiger partial charge < -0.3 is 14.2 Å². The van der Waals surface area contributed by atoms with Crippen molar-refractivity contribution >= 4 is 11.9 Å². The molecule has 136 valence electrons. The maximum absolute atomic E-state index is 13.0. The Labute approximate surface area is 146 Å². The lowest BCUT2D eigenvalue weighted by Crippen LogP contribution is -2.21. The minimum absolute atomic E-state index is 0.0264. The van der Waals surface area contributed by atoms with Gasteiger partial charge in [-0.15, -0.1) is 0 Å². The molecule has 0 saturated carbocycles. The van der Waals surface area contributed by atoms with Crippen molar-refractivity contribution in [2.45, 2.75) is 12.3 Å². The Morgan fingerprint density at radius 1 is 1.15 bits per heavy atom. The lowest BCUT2D eigenvalue weighted by atomic mass is 10.00. The Morgan fingerprint density at radius 3 is 2.50 bits per heavy atom. The van der Waals surface area contributed by atoms with Crippen molar-refractivity contribution in [1.29, 1.82) is 0 Å². The summed E-state index contributed by atoms with van der Waals surface area (Å²) in [6, 6.07) is 10.6. The smallest absolute Gasteiger partial charge is 0.489 e. The molecule has 0 aliphatic carbocycles. The molecule has 1 saturated heterocycles. The van der Waals surface area contributed by atoms with Gasteiger partial charge in [0.25, 0.3) is 0 Å². The van der Waals surface area contributed by atoms with Crippen molar-refractivity contribution in [3.05, 3.63) is 65.2 Å². The molecule has 3 rings (SSSR count). The molecule has 0 aromatic heterocycles. The number of alkyl halides is 3. The van der Waals surface area contributed by atoms with Gasteiger partial charge in [0.05, 0.1) is 11.1 Å². The van der Waals surface area contributed by atoms with Crippen molar-refractivity contribution in [3.8, 4) is 5.75 Å². The minimum atomic E-state index is -4.60. The molecule has 0 N–H and O–H groups in total. The maximum atomic E-state index is 13.0. The van der Waals surface area contributed by atoms with Gasteiger partial charge in [0.15, 0.2) is 11.9 Å². The van der Waals surface area contributed by atoms with Crippen molar-refractivity contribution in [2.75, 3.05) is 13.2 Å². The van der Waals surface area contributed by atoms with E-state index < -0.39 is 29.8 Å². The van der Waals surface area contributed by atoms with E-state index in [4.69, 9.17) is 9.47 Å². The molecule has 0 bridgehead atoms. The van der Waals surface area contributed by atoms with Gasteiger partial charge >= 0.3 is 12.3 Å². The van der Waals surface area contributed by atoms with E-state index in [1.807, 2.05) is 0 Å². The van der Waals surface area contributed by atoms with Gasteiger partial charge in [0.2, 0.25) is 0 Å². The summed E-state index contributed by atoms with van der Waals surface area (Å²) in [7, 11) is 0. The van der Waals surface area contributed by atoms with Gasteiger partial charge in [-0.3, -0.25) is 4.79 Å². The van der Waals surface area contributed by atoms with Crippen LogP contribution in [0.2, 0.25) is 0 Å². The second kappa shape index (κ2) is 7.07. The molecule has 8 heteroatoms. The van der Waals surface area contributed by atoms with Gasteiger partial charge in [-0.2, -0.15) is 13.2 Å². The molecule has 1 unspecified atom stereocenters. The van der Waals surface area contributed by atoms with E-state index in [-0.39, 0.29) is 30.1 Å².